The Hall–Kier alpha value is -1.11. The number of amides is 1. The van der Waals surface area contributed by atoms with E-state index in [1.54, 1.807) is 6.20 Å². The van der Waals surface area contributed by atoms with E-state index >= 15 is 0 Å². The van der Waals surface area contributed by atoms with E-state index < -0.39 is 0 Å². The van der Waals surface area contributed by atoms with Crippen LogP contribution in [0.2, 0.25) is 0 Å². The van der Waals surface area contributed by atoms with Gasteiger partial charge in [-0.2, -0.15) is 12.6 Å². The maximum absolute atomic E-state index is 12.6. The van der Waals surface area contributed by atoms with Gasteiger partial charge in [0, 0.05) is 49.2 Å². The molecule has 6 heteroatoms. The Morgan fingerprint density at radius 3 is 2.96 bits per heavy atom. The molecule has 0 aromatic carbocycles. The quantitative estimate of drug-likeness (QED) is 0.509. The second kappa shape index (κ2) is 10.0. The van der Waals surface area contributed by atoms with Crippen LogP contribution in [-0.4, -0.2) is 47.9 Å². The van der Waals surface area contributed by atoms with Crippen LogP contribution in [0.25, 0.3) is 0 Å². The number of hydrogen-bond donors (Lipinski definition) is 4. The first kappa shape index (κ1) is 19.2. The predicted octanol–water partition coefficient (Wildman–Crippen LogP) is 1.40. The molecule has 1 fully saturated rings. The lowest BCUT2D eigenvalue weighted by Gasteiger charge is -2.25. The third-order valence-electron chi connectivity index (χ3n) is 4.68. The van der Waals surface area contributed by atoms with Crippen LogP contribution < -0.4 is 16.0 Å². The van der Waals surface area contributed by atoms with Crippen molar-refractivity contribution in [3.8, 4) is 0 Å². The second-order valence-electron chi connectivity index (χ2n) is 6.63. The fraction of sp³-hybridized carbons (Fsp3) is 0.667. The monoisotopic (exact) mass is 350 g/mol. The van der Waals surface area contributed by atoms with E-state index in [1.807, 2.05) is 18.2 Å². The van der Waals surface area contributed by atoms with E-state index in [-0.39, 0.29) is 11.9 Å². The summed E-state index contributed by atoms with van der Waals surface area (Å²) in [6.07, 6.45) is 4.55. The fourth-order valence-corrected chi connectivity index (χ4v) is 3.34. The predicted molar refractivity (Wildman–Crippen MR) is 101 cm³/mol. The molecule has 5 nitrogen and oxygen atoms in total. The molecule has 0 spiro atoms. The molecule has 3 N–H and O–H groups in total. The largest absolute Gasteiger partial charge is 0.354 e. The van der Waals surface area contributed by atoms with Crippen molar-refractivity contribution in [3.05, 3.63) is 30.1 Å². The van der Waals surface area contributed by atoms with Crippen molar-refractivity contribution in [2.75, 3.05) is 19.6 Å². The highest BCUT2D eigenvalue weighted by Gasteiger charge is 2.26. The number of carbonyl (C=O) groups is 1. The Kier molecular flexibility index (Phi) is 8.02. The molecule has 0 unspecified atom stereocenters. The number of thiol groups is 1. The van der Waals surface area contributed by atoms with Crippen molar-refractivity contribution < 1.29 is 4.79 Å². The van der Waals surface area contributed by atoms with Crippen LogP contribution in [0.5, 0.6) is 0 Å². The van der Waals surface area contributed by atoms with Crippen LogP contribution in [0.1, 0.15) is 32.4 Å². The molecule has 2 heterocycles. The van der Waals surface area contributed by atoms with Gasteiger partial charge >= 0.3 is 0 Å². The Bertz CT molecular complexity index is 499. The molecular weight excluding hydrogens is 320 g/mol. The Balaban J connectivity index is 1.78. The molecule has 24 heavy (non-hydrogen) atoms. The number of rotatable bonds is 9. The van der Waals surface area contributed by atoms with E-state index in [0.717, 1.165) is 38.0 Å². The van der Waals surface area contributed by atoms with Crippen LogP contribution >= 0.6 is 12.6 Å². The van der Waals surface area contributed by atoms with Gasteiger partial charge in [0.2, 0.25) is 5.91 Å². The molecule has 1 aliphatic heterocycles. The third-order valence-corrected chi connectivity index (χ3v) is 5.08. The molecule has 1 aromatic heterocycles. The summed E-state index contributed by atoms with van der Waals surface area (Å²) >= 11 is 4.50. The summed E-state index contributed by atoms with van der Waals surface area (Å²) in [5.41, 5.74) is 1.00. The summed E-state index contributed by atoms with van der Waals surface area (Å²) in [4.78, 5) is 16.9. The van der Waals surface area contributed by atoms with E-state index in [9.17, 15) is 4.79 Å². The molecule has 1 amide bonds. The van der Waals surface area contributed by atoms with E-state index in [4.69, 9.17) is 0 Å². The van der Waals surface area contributed by atoms with Gasteiger partial charge in [0.1, 0.15) is 0 Å². The standard InChI is InChI=1S/C18H30N4OS/c1-3-13(2)17(22-11-15-10-16(24)12-21-15)18(23)20-9-7-14-6-4-5-8-19-14/h4-6,8,13,15-17,21-22,24H,3,7,9-12H2,1-2H3,(H,20,23)/t13-,15+,16+,17-/m0/s1. The minimum Gasteiger partial charge on any atom is -0.354 e. The van der Waals surface area contributed by atoms with Crippen LogP contribution in [0, 0.1) is 5.92 Å². The zero-order valence-corrected chi connectivity index (χ0v) is 15.6. The van der Waals surface area contributed by atoms with Crippen molar-refractivity contribution in [1.82, 2.24) is 20.9 Å². The lowest BCUT2D eigenvalue weighted by Crippen LogP contribution is -2.51. The van der Waals surface area contributed by atoms with Crippen molar-refractivity contribution in [2.45, 2.75) is 50.4 Å². The number of nitrogens with one attached hydrogen (secondary N) is 3. The van der Waals surface area contributed by atoms with Crippen molar-refractivity contribution in [2.24, 2.45) is 5.92 Å². The number of pyridine rings is 1. The molecule has 1 aromatic rings. The number of nitrogens with zero attached hydrogens (tertiary/aromatic N) is 1. The summed E-state index contributed by atoms with van der Waals surface area (Å²) in [5.74, 6) is 0.383. The Labute approximate surface area is 150 Å². The lowest BCUT2D eigenvalue weighted by atomic mass is 9.98. The van der Waals surface area contributed by atoms with E-state index in [1.165, 1.54) is 0 Å². The number of hydrogen-bond acceptors (Lipinski definition) is 5. The third kappa shape index (κ3) is 6.07. The Morgan fingerprint density at radius 1 is 1.50 bits per heavy atom. The van der Waals surface area contributed by atoms with Crippen LogP contribution in [-0.2, 0) is 11.2 Å². The van der Waals surface area contributed by atoms with Gasteiger partial charge in [-0.25, -0.2) is 0 Å². The Morgan fingerprint density at radius 2 is 2.33 bits per heavy atom. The zero-order chi connectivity index (χ0) is 17.4. The van der Waals surface area contributed by atoms with Gasteiger partial charge in [0.05, 0.1) is 6.04 Å². The van der Waals surface area contributed by atoms with Gasteiger partial charge in [0.15, 0.2) is 0 Å². The molecule has 1 saturated heterocycles. The maximum Gasteiger partial charge on any atom is 0.237 e. The molecule has 0 saturated carbocycles. The normalized spacial score (nSPS) is 23.0. The molecule has 2 rings (SSSR count). The molecule has 134 valence electrons. The summed E-state index contributed by atoms with van der Waals surface area (Å²) in [6, 6.07) is 6.10. The summed E-state index contributed by atoms with van der Waals surface area (Å²) < 4.78 is 0. The van der Waals surface area contributed by atoms with Crippen LogP contribution in [0.4, 0.5) is 0 Å². The van der Waals surface area contributed by atoms with Gasteiger partial charge in [-0.15, -0.1) is 0 Å². The van der Waals surface area contributed by atoms with Crippen molar-refractivity contribution >= 4 is 18.5 Å². The number of carbonyl (C=O) groups excluding carboxylic acids is 1. The molecule has 4 atom stereocenters. The van der Waals surface area contributed by atoms with Crippen LogP contribution in [0.15, 0.2) is 24.4 Å². The molecule has 0 radical (unpaired) electrons. The fourth-order valence-electron chi connectivity index (χ4n) is 2.98. The summed E-state index contributed by atoms with van der Waals surface area (Å²) in [5, 5.41) is 10.4. The second-order valence-corrected chi connectivity index (χ2v) is 7.36. The highest BCUT2D eigenvalue weighted by atomic mass is 32.1. The highest BCUT2D eigenvalue weighted by Crippen LogP contribution is 2.13. The summed E-state index contributed by atoms with van der Waals surface area (Å²) in [6.45, 7) is 6.61. The van der Waals surface area contributed by atoms with Gasteiger partial charge in [-0.3, -0.25) is 9.78 Å². The minimum atomic E-state index is -0.153. The lowest BCUT2D eigenvalue weighted by molar-refractivity contribution is -0.124. The van der Waals surface area contributed by atoms with Gasteiger partial charge in [0.25, 0.3) is 0 Å². The van der Waals surface area contributed by atoms with E-state index in [0.29, 0.717) is 23.8 Å². The first-order chi connectivity index (χ1) is 11.6. The van der Waals surface area contributed by atoms with Gasteiger partial charge < -0.3 is 16.0 Å². The van der Waals surface area contributed by atoms with E-state index in [2.05, 4.69) is 47.4 Å². The van der Waals surface area contributed by atoms with Gasteiger partial charge in [-0.05, 0) is 24.5 Å². The maximum atomic E-state index is 12.6. The smallest absolute Gasteiger partial charge is 0.237 e. The van der Waals surface area contributed by atoms with Gasteiger partial charge in [-0.1, -0.05) is 26.3 Å². The SMILES string of the molecule is CC[C@H](C)[C@H](NC[C@H]1C[C@@H](S)CN1)C(=O)NCCc1ccccn1. The van der Waals surface area contributed by atoms with Crippen molar-refractivity contribution in [3.63, 3.8) is 0 Å². The first-order valence-corrected chi connectivity index (χ1v) is 9.44. The molecule has 0 bridgehead atoms. The zero-order valence-electron chi connectivity index (χ0n) is 14.7. The molecule has 1 aliphatic rings. The molecule has 0 aliphatic carbocycles. The number of aromatic nitrogens is 1. The van der Waals surface area contributed by atoms with Crippen molar-refractivity contribution in [1.29, 1.82) is 0 Å². The molecular formula is C18H30N4OS. The highest BCUT2D eigenvalue weighted by molar-refractivity contribution is 7.81. The minimum absolute atomic E-state index is 0.0840. The average molecular weight is 351 g/mol. The summed E-state index contributed by atoms with van der Waals surface area (Å²) in [7, 11) is 0. The first-order valence-electron chi connectivity index (χ1n) is 8.92. The van der Waals surface area contributed by atoms with Crippen LogP contribution in [0.3, 0.4) is 0 Å². The topological polar surface area (TPSA) is 66.0 Å². The average Bonchev–Trinajstić information content (AvgIpc) is 3.01.